The van der Waals surface area contributed by atoms with E-state index in [4.69, 9.17) is 9.47 Å². The Balaban J connectivity index is 1.38. The normalized spacial score (nSPS) is 27.3. The van der Waals surface area contributed by atoms with Crippen LogP contribution >= 0.6 is 11.3 Å². The second kappa shape index (κ2) is 7.27. The molecule has 0 amide bonds. The van der Waals surface area contributed by atoms with Gasteiger partial charge in [0.2, 0.25) is 0 Å². The molecule has 0 aromatic carbocycles. The lowest BCUT2D eigenvalue weighted by Crippen LogP contribution is -2.51. The number of nitrogens with zero attached hydrogens (tertiary/aromatic N) is 3. The van der Waals surface area contributed by atoms with Crippen LogP contribution < -0.4 is 0 Å². The van der Waals surface area contributed by atoms with Crippen molar-refractivity contribution in [2.24, 2.45) is 0 Å². The third kappa shape index (κ3) is 3.37. The van der Waals surface area contributed by atoms with Crippen LogP contribution in [0.4, 0.5) is 0 Å². The topological polar surface area (TPSA) is 47.5 Å². The zero-order valence-corrected chi connectivity index (χ0v) is 14.7. The van der Waals surface area contributed by atoms with Crippen molar-refractivity contribution in [2.45, 2.75) is 51.2 Å². The van der Waals surface area contributed by atoms with Crippen LogP contribution in [0.1, 0.15) is 29.0 Å². The maximum absolute atomic E-state index is 6.16. The number of rotatable bonds is 5. The molecule has 1 saturated heterocycles. The number of hydrogen-bond acceptors (Lipinski definition) is 6. The Morgan fingerprint density at radius 1 is 1.42 bits per heavy atom. The summed E-state index contributed by atoms with van der Waals surface area (Å²) in [7, 11) is 0. The van der Waals surface area contributed by atoms with Crippen LogP contribution in [0.3, 0.4) is 0 Å². The Kier molecular flexibility index (Phi) is 4.89. The molecule has 2 aromatic rings. The highest BCUT2D eigenvalue weighted by atomic mass is 32.1. The zero-order chi connectivity index (χ0) is 16.4. The Morgan fingerprint density at radius 2 is 2.38 bits per heavy atom. The highest BCUT2D eigenvalue weighted by molar-refractivity contribution is 7.09. The fourth-order valence-corrected chi connectivity index (χ4v) is 4.52. The average molecular weight is 345 g/mol. The number of morpholine rings is 1. The summed E-state index contributed by atoms with van der Waals surface area (Å²) in [5, 5.41) is 0. The first-order chi connectivity index (χ1) is 11.8. The van der Waals surface area contributed by atoms with Gasteiger partial charge in [0.25, 0.3) is 0 Å². The molecule has 24 heavy (non-hydrogen) atoms. The van der Waals surface area contributed by atoms with Crippen molar-refractivity contribution in [3.63, 3.8) is 0 Å². The molecule has 3 atom stereocenters. The Bertz CT molecular complexity index is 663. The molecular formula is C18H23N3O2S. The molecular weight excluding hydrogens is 322 g/mol. The Morgan fingerprint density at radius 3 is 3.17 bits per heavy atom. The van der Waals surface area contributed by atoms with Gasteiger partial charge in [-0.3, -0.25) is 9.88 Å². The third-order valence-corrected chi connectivity index (χ3v) is 5.95. The second-order valence-electron chi connectivity index (χ2n) is 6.52. The van der Waals surface area contributed by atoms with Crippen molar-refractivity contribution in [3.8, 4) is 0 Å². The van der Waals surface area contributed by atoms with Crippen LogP contribution in [0.25, 0.3) is 0 Å². The van der Waals surface area contributed by atoms with Gasteiger partial charge < -0.3 is 9.47 Å². The van der Waals surface area contributed by atoms with E-state index in [0.717, 1.165) is 43.8 Å². The van der Waals surface area contributed by atoms with Gasteiger partial charge in [-0.2, -0.15) is 0 Å². The van der Waals surface area contributed by atoms with Gasteiger partial charge in [0.1, 0.15) is 0 Å². The molecule has 2 fully saturated rings. The first-order valence-electron chi connectivity index (χ1n) is 8.56. The third-order valence-electron chi connectivity index (χ3n) is 5.03. The predicted molar refractivity (Wildman–Crippen MR) is 92.8 cm³/mol. The van der Waals surface area contributed by atoms with E-state index >= 15 is 0 Å². The maximum Gasteiger partial charge on any atom is 0.0992 e. The minimum atomic E-state index is 0.181. The monoisotopic (exact) mass is 345 g/mol. The molecule has 0 radical (unpaired) electrons. The molecule has 3 heterocycles. The fraction of sp³-hybridized carbons (Fsp3) is 0.556. The molecule has 0 spiro atoms. The molecule has 5 nitrogen and oxygen atoms in total. The minimum Gasteiger partial charge on any atom is -0.373 e. The number of aryl methyl sites for hydroxylation is 1. The van der Waals surface area contributed by atoms with Crippen molar-refractivity contribution in [2.75, 3.05) is 13.2 Å². The van der Waals surface area contributed by atoms with E-state index in [1.165, 1.54) is 4.88 Å². The van der Waals surface area contributed by atoms with Crippen molar-refractivity contribution >= 4 is 11.3 Å². The van der Waals surface area contributed by atoms with Crippen LogP contribution in [0.2, 0.25) is 0 Å². The van der Waals surface area contributed by atoms with Crippen molar-refractivity contribution in [3.05, 3.63) is 46.2 Å². The lowest BCUT2D eigenvalue weighted by Gasteiger charge is -2.38. The molecule has 0 bridgehead atoms. The number of ether oxygens (including phenoxy) is 2. The van der Waals surface area contributed by atoms with Crippen LogP contribution in [0.5, 0.6) is 0 Å². The molecule has 1 aliphatic carbocycles. The number of hydrogen-bond donors (Lipinski definition) is 0. The van der Waals surface area contributed by atoms with Gasteiger partial charge in [-0.1, -0.05) is 6.07 Å². The van der Waals surface area contributed by atoms with E-state index in [1.807, 2.05) is 17.8 Å². The first-order valence-corrected chi connectivity index (χ1v) is 9.44. The number of aromatic nitrogens is 2. The second-order valence-corrected chi connectivity index (χ2v) is 7.46. The highest BCUT2D eigenvalue weighted by Gasteiger charge is 2.43. The molecule has 2 aliphatic rings. The SMILES string of the molecule is Cc1ncsc1CN1CCO[C@H]2[C@@H](OCc3cccnc3)CC[C@@H]21. The van der Waals surface area contributed by atoms with Gasteiger partial charge in [0, 0.05) is 36.4 Å². The summed E-state index contributed by atoms with van der Waals surface area (Å²) >= 11 is 1.75. The van der Waals surface area contributed by atoms with Crippen LogP contribution in [0, 0.1) is 6.92 Å². The molecule has 1 aliphatic heterocycles. The Hall–Kier alpha value is -1.34. The minimum absolute atomic E-state index is 0.181. The summed E-state index contributed by atoms with van der Waals surface area (Å²) in [5.41, 5.74) is 4.22. The number of thiazole rings is 1. The van der Waals surface area contributed by atoms with Crippen molar-refractivity contribution in [1.29, 1.82) is 0 Å². The van der Waals surface area contributed by atoms with Crippen LogP contribution in [-0.4, -0.2) is 46.3 Å². The quantitative estimate of drug-likeness (QED) is 0.834. The summed E-state index contributed by atoms with van der Waals surface area (Å²) in [6.45, 7) is 5.47. The zero-order valence-electron chi connectivity index (χ0n) is 13.9. The van der Waals surface area contributed by atoms with Crippen molar-refractivity contribution < 1.29 is 9.47 Å². The molecule has 2 aromatic heterocycles. The lowest BCUT2D eigenvalue weighted by atomic mass is 10.1. The molecule has 6 heteroatoms. The van der Waals surface area contributed by atoms with E-state index in [9.17, 15) is 0 Å². The van der Waals surface area contributed by atoms with Gasteiger partial charge in [0.05, 0.1) is 36.6 Å². The van der Waals surface area contributed by atoms with E-state index in [2.05, 4.69) is 27.9 Å². The summed E-state index contributed by atoms with van der Waals surface area (Å²) in [6, 6.07) is 4.46. The summed E-state index contributed by atoms with van der Waals surface area (Å²) in [4.78, 5) is 12.5. The van der Waals surface area contributed by atoms with Gasteiger partial charge in [-0.05, 0) is 31.4 Å². The summed E-state index contributed by atoms with van der Waals surface area (Å²) < 4.78 is 12.3. The molecule has 1 saturated carbocycles. The van der Waals surface area contributed by atoms with Gasteiger partial charge >= 0.3 is 0 Å². The lowest BCUT2D eigenvalue weighted by molar-refractivity contribution is -0.118. The van der Waals surface area contributed by atoms with Gasteiger partial charge in [-0.25, -0.2) is 4.98 Å². The first kappa shape index (κ1) is 16.1. The summed E-state index contributed by atoms with van der Waals surface area (Å²) in [5.74, 6) is 0. The molecule has 4 rings (SSSR count). The number of fused-ring (bicyclic) bond motifs is 1. The fourth-order valence-electron chi connectivity index (χ4n) is 3.72. The standard InChI is InChI=1S/C18H23N3O2S/c1-13-17(24-12-20-13)10-21-7-8-22-18-15(21)4-5-16(18)23-11-14-3-2-6-19-9-14/h2-3,6,9,12,15-16,18H,4-5,7-8,10-11H2,1H3/t15-,16-,18+/m0/s1. The molecule has 0 N–H and O–H groups in total. The number of pyridine rings is 1. The maximum atomic E-state index is 6.16. The van der Waals surface area contributed by atoms with Crippen LogP contribution in [-0.2, 0) is 22.6 Å². The average Bonchev–Trinajstić information content (AvgIpc) is 3.21. The Labute approximate surface area is 146 Å². The van der Waals surface area contributed by atoms with Crippen LogP contribution in [0.15, 0.2) is 30.0 Å². The highest BCUT2D eigenvalue weighted by Crippen LogP contribution is 2.34. The molecule has 0 unspecified atom stereocenters. The predicted octanol–water partition coefficient (Wildman–Crippen LogP) is 2.80. The van der Waals surface area contributed by atoms with E-state index in [1.54, 1.807) is 17.5 Å². The van der Waals surface area contributed by atoms with E-state index in [0.29, 0.717) is 12.6 Å². The smallest absolute Gasteiger partial charge is 0.0992 e. The van der Waals surface area contributed by atoms with Crippen molar-refractivity contribution in [1.82, 2.24) is 14.9 Å². The van der Waals surface area contributed by atoms with E-state index in [-0.39, 0.29) is 12.2 Å². The van der Waals surface area contributed by atoms with Gasteiger partial charge in [-0.15, -0.1) is 11.3 Å². The van der Waals surface area contributed by atoms with Gasteiger partial charge in [0.15, 0.2) is 0 Å². The largest absolute Gasteiger partial charge is 0.373 e. The van der Waals surface area contributed by atoms with E-state index < -0.39 is 0 Å². The molecule has 128 valence electrons. The summed E-state index contributed by atoms with van der Waals surface area (Å²) in [6.07, 6.45) is 6.23.